The maximum atomic E-state index is 13.5. The van der Waals surface area contributed by atoms with E-state index in [0.717, 1.165) is 6.07 Å². The van der Waals surface area contributed by atoms with Gasteiger partial charge >= 0.3 is 0 Å². The Kier molecular flexibility index (Phi) is 3.42. The number of imidazole rings is 1. The Hall–Kier alpha value is -1.76. The summed E-state index contributed by atoms with van der Waals surface area (Å²) in [4.78, 5) is 3.93. The lowest BCUT2D eigenvalue weighted by Gasteiger charge is -2.01. The van der Waals surface area contributed by atoms with E-state index in [0.29, 0.717) is 10.2 Å². The summed E-state index contributed by atoms with van der Waals surface area (Å²) >= 11 is 3.12. The van der Waals surface area contributed by atoms with Crippen molar-refractivity contribution in [3.05, 3.63) is 45.7 Å². The molecule has 7 heteroatoms. The number of benzene rings is 1. The Balaban J connectivity index is 2.40. The molecule has 0 aliphatic heterocycles. The zero-order chi connectivity index (χ0) is 13.3. The van der Waals surface area contributed by atoms with Crippen LogP contribution < -0.4 is 5.73 Å². The first-order chi connectivity index (χ1) is 8.49. The highest BCUT2D eigenvalue weighted by atomic mass is 79.9. The van der Waals surface area contributed by atoms with Crippen molar-refractivity contribution < 1.29 is 8.78 Å². The minimum absolute atomic E-state index is 0.0146. The maximum Gasteiger partial charge on any atom is 0.221 e. The second-order valence-electron chi connectivity index (χ2n) is 3.59. The highest BCUT2D eigenvalue weighted by molar-refractivity contribution is 9.10. The van der Waals surface area contributed by atoms with Gasteiger partial charge in [-0.05, 0) is 19.1 Å². The van der Waals surface area contributed by atoms with Crippen molar-refractivity contribution in [1.29, 1.82) is 0 Å². The van der Waals surface area contributed by atoms with Crippen molar-refractivity contribution in [2.75, 3.05) is 5.73 Å². The number of aromatic nitrogens is 2. The lowest BCUT2D eigenvalue weighted by atomic mass is 10.2. The summed E-state index contributed by atoms with van der Waals surface area (Å²) in [5, 5.41) is 3.93. The molecule has 0 aliphatic rings. The van der Waals surface area contributed by atoms with Gasteiger partial charge in [0.1, 0.15) is 0 Å². The second kappa shape index (κ2) is 4.85. The highest BCUT2D eigenvalue weighted by Crippen LogP contribution is 2.20. The predicted molar refractivity (Wildman–Crippen MR) is 68.4 cm³/mol. The fourth-order valence-corrected chi connectivity index (χ4v) is 1.79. The molecule has 1 heterocycles. The number of hydrogen-bond donors (Lipinski definition) is 1. The average Bonchev–Trinajstić information content (AvgIpc) is 2.63. The van der Waals surface area contributed by atoms with Gasteiger partial charge in [0.2, 0.25) is 5.95 Å². The molecule has 0 spiro atoms. The van der Waals surface area contributed by atoms with E-state index < -0.39 is 11.6 Å². The van der Waals surface area contributed by atoms with Crippen molar-refractivity contribution in [3.63, 3.8) is 0 Å². The Morgan fingerprint density at radius 3 is 2.78 bits per heavy atom. The zero-order valence-corrected chi connectivity index (χ0v) is 10.9. The zero-order valence-electron chi connectivity index (χ0n) is 9.36. The lowest BCUT2D eigenvalue weighted by Crippen LogP contribution is -1.99. The first-order valence-electron chi connectivity index (χ1n) is 4.98. The van der Waals surface area contributed by atoms with Gasteiger partial charge in [-0.2, -0.15) is 5.10 Å². The van der Waals surface area contributed by atoms with Gasteiger partial charge in [-0.3, -0.25) is 0 Å². The number of nitrogens with two attached hydrogens (primary N) is 1. The fourth-order valence-electron chi connectivity index (χ4n) is 1.38. The minimum atomic E-state index is -0.969. The largest absolute Gasteiger partial charge is 0.368 e. The molecule has 94 valence electrons. The van der Waals surface area contributed by atoms with Crippen LogP contribution in [0.3, 0.4) is 0 Å². The molecular formula is C11H9BrF2N4. The van der Waals surface area contributed by atoms with E-state index in [1.165, 1.54) is 17.0 Å². The van der Waals surface area contributed by atoms with Crippen LogP contribution in [0.1, 0.15) is 11.3 Å². The fraction of sp³-hybridized carbons (Fsp3) is 0.0909. The molecule has 0 saturated heterocycles. The van der Waals surface area contributed by atoms with Gasteiger partial charge in [-0.15, -0.1) is 0 Å². The molecule has 2 rings (SSSR count). The quantitative estimate of drug-likeness (QED) is 0.684. The third-order valence-corrected chi connectivity index (χ3v) is 2.92. The molecule has 0 aliphatic carbocycles. The van der Waals surface area contributed by atoms with Gasteiger partial charge in [0.25, 0.3) is 0 Å². The second-order valence-corrected chi connectivity index (χ2v) is 4.44. The summed E-state index contributed by atoms with van der Waals surface area (Å²) in [6.45, 7) is 1.75. The van der Waals surface area contributed by atoms with E-state index in [9.17, 15) is 8.78 Å². The highest BCUT2D eigenvalue weighted by Gasteiger charge is 2.10. The SMILES string of the molecule is Cc1cn(N=Cc2c(Br)ccc(F)c2F)c(N)n1. The van der Waals surface area contributed by atoms with Crippen LogP contribution in [0.2, 0.25) is 0 Å². The molecule has 0 amide bonds. The van der Waals surface area contributed by atoms with E-state index in [4.69, 9.17) is 5.73 Å². The molecule has 0 bridgehead atoms. The lowest BCUT2D eigenvalue weighted by molar-refractivity contribution is 0.506. The molecule has 0 unspecified atom stereocenters. The molecule has 2 aromatic rings. The normalized spacial score (nSPS) is 11.3. The molecule has 2 N–H and O–H groups in total. The summed E-state index contributed by atoms with van der Waals surface area (Å²) < 4.78 is 28.3. The Bertz CT molecular complexity index is 622. The van der Waals surface area contributed by atoms with Crippen molar-refractivity contribution in [3.8, 4) is 0 Å². The summed E-state index contributed by atoms with van der Waals surface area (Å²) in [5.41, 5.74) is 6.27. The molecule has 0 fully saturated rings. The number of nitrogens with zero attached hydrogens (tertiary/aromatic N) is 3. The molecular weight excluding hydrogens is 306 g/mol. The predicted octanol–water partition coefficient (Wildman–Crippen LogP) is 2.70. The summed E-state index contributed by atoms with van der Waals surface area (Å²) in [5.74, 6) is -1.73. The van der Waals surface area contributed by atoms with E-state index in [1.54, 1.807) is 13.1 Å². The number of hydrogen-bond acceptors (Lipinski definition) is 3. The van der Waals surface area contributed by atoms with Crippen molar-refractivity contribution in [2.24, 2.45) is 5.10 Å². The van der Waals surface area contributed by atoms with Crippen LogP contribution in [0.5, 0.6) is 0 Å². The standard InChI is InChI=1S/C11H9BrF2N4/c1-6-5-18(11(15)17-6)16-4-7-8(12)2-3-9(13)10(7)14/h2-5H,1H3,(H2,15,17). The molecule has 0 radical (unpaired) electrons. The van der Waals surface area contributed by atoms with Crippen LogP contribution in [-0.4, -0.2) is 15.9 Å². The third kappa shape index (κ3) is 2.40. The Morgan fingerprint density at radius 1 is 1.44 bits per heavy atom. The summed E-state index contributed by atoms with van der Waals surface area (Å²) in [6.07, 6.45) is 2.76. The topological polar surface area (TPSA) is 56.2 Å². The number of nitrogen functional groups attached to an aromatic ring is 1. The summed E-state index contributed by atoms with van der Waals surface area (Å²) in [7, 11) is 0. The van der Waals surface area contributed by atoms with Crippen LogP contribution in [0, 0.1) is 18.6 Å². The van der Waals surface area contributed by atoms with Crippen LogP contribution >= 0.6 is 15.9 Å². The smallest absolute Gasteiger partial charge is 0.221 e. The molecule has 1 aromatic carbocycles. The first kappa shape index (κ1) is 12.7. The van der Waals surface area contributed by atoms with E-state index >= 15 is 0 Å². The van der Waals surface area contributed by atoms with Crippen LogP contribution in [0.15, 0.2) is 27.9 Å². The van der Waals surface area contributed by atoms with Gasteiger partial charge in [0.05, 0.1) is 18.1 Å². The van der Waals surface area contributed by atoms with Crippen LogP contribution in [-0.2, 0) is 0 Å². The number of aryl methyl sites for hydroxylation is 1. The molecule has 0 atom stereocenters. The monoisotopic (exact) mass is 314 g/mol. The van der Waals surface area contributed by atoms with Crippen molar-refractivity contribution in [2.45, 2.75) is 6.92 Å². The summed E-state index contributed by atoms with van der Waals surface area (Å²) in [6, 6.07) is 2.44. The number of halogens is 3. The third-order valence-electron chi connectivity index (χ3n) is 2.23. The van der Waals surface area contributed by atoms with Crippen molar-refractivity contribution >= 4 is 28.1 Å². The van der Waals surface area contributed by atoms with Gasteiger partial charge in [-0.25, -0.2) is 18.4 Å². The van der Waals surface area contributed by atoms with E-state index in [1.807, 2.05) is 0 Å². The van der Waals surface area contributed by atoms with Gasteiger partial charge < -0.3 is 5.73 Å². The van der Waals surface area contributed by atoms with Crippen LogP contribution in [0.25, 0.3) is 0 Å². The molecule has 1 aromatic heterocycles. The Labute approximate surface area is 110 Å². The van der Waals surface area contributed by atoms with Gasteiger partial charge in [0, 0.05) is 10.0 Å². The maximum absolute atomic E-state index is 13.5. The molecule has 4 nitrogen and oxygen atoms in total. The van der Waals surface area contributed by atoms with Gasteiger partial charge in [-0.1, -0.05) is 15.9 Å². The van der Waals surface area contributed by atoms with Crippen molar-refractivity contribution in [1.82, 2.24) is 9.66 Å². The number of anilines is 1. The van der Waals surface area contributed by atoms with E-state index in [2.05, 4.69) is 26.0 Å². The van der Waals surface area contributed by atoms with E-state index in [-0.39, 0.29) is 11.5 Å². The molecule has 0 saturated carbocycles. The average molecular weight is 315 g/mol. The van der Waals surface area contributed by atoms with Crippen LogP contribution in [0.4, 0.5) is 14.7 Å². The molecule has 18 heavy (non-hydrogen) atoms. The minimum Gasteiger partial charge on any atom is -0.368 e. The van der Waals surface area contributed by atoms with Gasteiger partial charge in [0.15, 0.2) is 11.6 Å². The number of rotatable bonds is 2. The Morgan fingerprint density at radius 2 is 2.17 bits per heavy atom. The first-order valence-corrected chi connectivity index (χ1v) is 5.77.